The average molecular weight is 216 g/mol. The largest absolute Gasteiger partial charge is 0.294 e. The number of thiophene rings is 1. The SMILES string of the molecule is O=CC(=O)c1ccc(-c2ccccc2)s1. The van der Waals surface area contributed by atoms with Crippen molar-refractivity contribution < 1.29 is 9.59 Å². The number of carbonyl (C=O) groups is 2. The molecule has 74 valence electrons. The summed E-state index contributed by atoms with van der Waals surface area (Å²) in [6.45, 7) is 0. The molecule has 0 aliphatic rings. The molecule has 0 atom stereocenters. The van der Waals surface area contributed by atoms with Crippen molar-refractivity contribution in [2.24, 2.45) is 0 Å². The van der Waals surface area contributed by atoms with Crippen LogP contribution < -0.4 is 0 Å². The zero-order valence-corrected chi connectivity index (χ0v) is 8.66. The fraction of sp³-hybridized carbons (Fsp3) is 0. The summed E-state index contributed by atoms with van der Waals surface area (Å²) >= 11 is 1.34. The van der Waals surface area contributed by atoms with Gasteiger partial charge >= 0.3 is 0 Å². The quantitative estimate of drug-likeness (QED) is 0.449. The van der Waals surface area contributed by atoms with Crippen LogP contribution in [0, 0.1) is 0 Å². The number of aldehydes is 1. The number of hydrogen-bond donors (Lipinski definition) is 0. The summed E-state index contributed by atoms with van der Waals surface area (Å²) in [4.78, 5) is 22.9. The molecule has 1 aromatic heterocycles. The lowest BCUT2D eigenvalue weighted by atomic mass is 10.2. The van der Waals surface area contributed by atoms with Gasteiger partial charge in [0.05, 0.1) is 4.88 Å². The van der Waals surface area contributed by atoms with Crippen molar-refractivity contribution in [2.45, 2.75) is 0 Å². The summed E-state index contributed by atoms with van der Waals surface area (Å²) in [6.07, 6.45) is 0.348. The molecule has 1 aromatic carbocycles. The lowest BCUT2D eigenvalue weighted by Gasteiger charge is -1.94. The Hall–Kier alpha value is -1.74. The maximum Gasteiger partial charge on any atom is 0.235 e. The molecular formula is C12H8O2S. The number of benzene rings is 1. The van der Waals surface area contributed by atoms with Gasteiger partial charge in [0.25, 0.3) is 0 Å². The molecule has 0 amide bonds. The Morgan fingerprint density at radius 1 is 1.07 bits per heavy atom. The third-order valence-corrected chi connectivity index (χ3v) is 3.16. The molecule has 0 spiro atoms. The molecule has 0 saturated heterocycles. The van der Waals surface area contributed by atoms with Crippen molar-refractivity contribution in [2.75, 3.05) is 0 Å². The first-order chi connectivity index (χ1) is 7.31. The summed E-state index contributed by atoms with van der Waals surface area (Å²) in [6, 6.07) is 13.3. The Morgan fingerprint density at radius 3 is 2.47 bits per heavy atom. The van der Waals surface area contributed by atoms with Crippen molar-refractivity contribution in [3.8, 4) is 10.4 Å². The van der Waals surface area contributed by atoms with Crippen molar-refractivity contribution in [3.05, 3.63) is 47.3 Å². The summed E-state index contributed by atoms with van der Waals surface area (Å²) < 4.78 is 0. The highest BCUT2D eigenvalue weighted by Gasteiger charge is 2.08. The lowest BCUT2D eigenvalue weighted by molar-refractivity contribution is -0.104. The first-order valence-electron chi connectivity index (χ1n) is 4.46. The van der Waals surface area contributed by atoms with Crippen LogP contribution in [0.4, 0.5) is 0 Å². The molecule has 3 heteroatoms. The topological polar surface area (TPSA) is 34.1 Å². The van der Waals surface area contributed by atoms with Crippen LogP contribution in [0.3, 0.4) is 0 Å². The van der Waals surface area contributed by atoms with E-state index in [0.29, 0.717) is 11.2 Å². The monoisotopic (exact) mass is 216 g/mol. The van der Waals surface area contributed by atoms with Gasteiger partial charge in [-0.15, -0.1) is 11.3 Å². The summed E-state index contributed by atoms with van der Waals surface area (Å²) in [5.41, 5.74) is 1.06. The van der Waals surface area contributed by atoms with Gasteiger partial charge in [-0.2, -0.15) is 0 Å². The Kier molecular flexibility index (Phi) is 2.74. The molecule has 2 nitrogen and oxygen atoms in total. The molecule has 2 aromatic rings. The van der Waals surface area contributed by atoms with Crippen LogP contribution >= 0.6 is 11.3 Å². The van der Waals surface area contributed by atoms with Gasteiger partial charge < -0.3 is 0 Å². The Morgan fingerprint density at radius 2 is 1.80 bits per heavy atom. The van der Waals surface area contributed by atoms with E-state index in [9.17, 15) is 9.59 Å². The highest BCUT2D eigenvalue weighted by molar-refractivity contribution is 7.18. The van der Waals surface area contributed by atoms with Crippen molar-refractivity contribution in [3.63, 3.8) is 0 Å². The lowest BCUT2D eigenvalue weighted by Crippen LogP contribution is -1.94. The Bertz CT molecular complexity index is 485. The van der Waals surface area contributed by atoms with E-state index < -0.39 is 5.78 Å². The van der Waals surface area contributed by atoms with Crippen LogP contribution in [0.5, 0.6) is 0 Å². The minimum Gasteiger partial charge on any atom is -0.294 e. The summed E-state index contributed by atoms with van der Waals surface area (Å²) in [5.74, 6) is -0.456. The average Bonchev–Trinajstić information content (AvgIpc) is 2.78. The third kappa shape index (κ3) is 2.02. The van der Waals surface area contributed by atoms with Gasteiger partial charge in [0.1, 0.15) is 0 Å². The Balaban J connectivity index is 2.36. The number of carbonyl (C=O) groups excluding carboxylic acids is 2. The second-order valence-corrected chi connectivity index (χ2v) is 4.10. The number of ketones is 1. The highest BCUT2D eigenvalue weighted by Crippen LogP contribution is 2.27. The normalized spacial score (nSPS) is 9.87. The number of rotatable bonds is 3. The molecule has 0 aliphatic heterocycles. The van der Waals surface area contributed by atoms with Crippen LogP contribution in [0.1, 0.15) is 9.67 Å². The molecule has 1 heterocycles. The molecule has 0 N–H and O–H groups in total. The van der Waals surface area contributed by atoms with E-state index in [0.717, 1.165) is 10.4 Å². The van der Waals surface area contributed by atoms with Gasteiger partial charge in [0.15, 0.2) is 6.29 Å². The van der Waals surface area contributed by atoms with Crippen LogP contribution in [0.2, 0.25) is 0 Å². The van der Waals surface area contributed by atoms with Gasteiger partial charge in [-0.3, -0.25) is 9.59 Å². The zero-order valence-electron chi connectivity index (χ0n) is 7.84. The molecule has 0 unspecified atom stereocenters. The van der Waals surface area contributed by atoms with E-state index in [-0.39, 0.29) is 0 Å². The molecule has 2 rings (SSSR count). The number of hydrogen-bond acceptors (Lipinski definition) is 3. The van der Waals surface area contributed by atoms with Gasteiger partial charge in [-0.05, 0) is 17.7 Å². The minimum atomic E-state index is -0.456. The fourth-order valence-corrected chi connectivity index (χ4v) is 2.20. The first kappa shape index (κ1) is 9.80. The van der Waals surface area contributed by atoms with Crippen LogP contribution in [-0.4, -0.2) is 12.1 Å². The minimum absolute atomic E-state index is 0.348. The molecule has 0 radical (unpaired) electrons. The van der Waals surface area contributed by atoms with E-state index in [4.69, 9.17) is 0 Å². The van der Waals surface area contributed by atoms with E-state index in [1.807, 2.05) is 36.4 Å². The molecule has 0 saturated carbocycles. The van der Waals surface area contributed by atoms with Crippen LogP contribution in [0.25, 0.3) is 10.4 Å². The maximum atomic E-state index is 11.1. The van der Waals surface area contributed by atoms with Crippen LogP contribution in [0.15, 0.2) is 42.5 Å². The Labute approximate surface area is 91.2 Å². The third-order valence-electron chi connectivity index (χ3n) is 2.01. The summed E-state index contributed by atoms with van der Waals surface area (Å²) in [5, 5.41) is 0. The predicted molar refractivity (Wildman–Crippen MR) is 60.1 cm³/mol. The molecule has 0 fully saturated rings. The van der Waals surface area contributed by atoms with Gasteiger partial charge in [0.2, 0.25) is 5.78 Å². The zero-order chi connectivity index (χ0) is 10.7. The highest BCUT2D eigenvalue weighted by atomic mass is 32.1. The van der Waals surface area contributed by atoms with E-state index in [1.54, 1.807) is 6.07 Å². The molecule has 15 heavy (non-hydrogen) atoms. The molecule has 0 aliphatic carbocycles. The smallest absolute Gasteiger partial charge is 0.235 e. The first-order valence-corrected chi connectivity index (χ1v) is 5.27. The van der Waals surface area contributed by atoms with Crippen LogP contribution in [-0.2, 0) is 4.79 Å². The summed E-state index contributed by atoms with van der Waals surface area (Å²) in [7, 11) is 0. The van der Waals surface area contributed by atoms with E-state index >= 15 is 0 Å². The van der Waals surface area contributed by atoms with Gasteiger partial charge in [0, 0.05) is 4.88 Å². The fourth-order valence-electron chi connectivity index (χ4n) is 1.29. The van der Waals surface area contributed by atoms with E-state index in [2.05, 4.69) is 0 Å². The molecular weight excluding hydrogens is 208 g/mol. The number of Topliss-reactive ketones (excluding diaryl/α,β-unsaturated/α-hetero) is 1. The predicted octanol–water partition coefficient (Wildman–Crippen LogP) is 2.80. The van der Waals surface area contributed by atoms with Gasteiger partial charge in [-0.1, -0.05) is 30.3 Å². The van der Waals surface area contributed by atoms with Gasteiger partial charge in [-0.25, -0.2) is 0 Å². The van der Waals surface area contributed by atoms with Crippen molar-refractivity contribution >= 4 is 23.4 Å². The molecule has 0 bridgehead atoms. The van der Waals surface area contributed by atoms with Crippen molar-refractivity contribution in [1.29, 1.82) is 0 Å². The van der Waals surface area contributed by atoms with Crippen molar-refractivity contribution in [1.82, 2.24) is 0 Å². The standard InChI is InChI=1S/C12H8O2S/c13-8-10(14)12-7-6-11(15-12)9-4-2-1-3-5-9/h1-8H. The maximum absolute atomic E-state index is 11.1. The second kappa shape index (κ2) is 4.19. The second-order valence-electron chi connectivity index (χ2n) is 3.01. The van der Waals surface area contributed by atoms with E-state index in [1.165, 1.54) is 11.3 Å².